The predicted molar refractivity (Wildman–Crippen MR) is 113 cm³/mol. The molecule has 1 N–H and O–H groups in total. The van der Waals surface area contributed by atoms with E-state index in [0.29, 0.717) is 41.0 Å². The van der Waals surface area contributed by atoms with E-state index in [2.05, 4.69) is 10.3 Å². The molecule has 3 aromatic rings. The van der Waals surface area contributed by atoms with Crippen LogP contribution < -0.4 is 10.1 Å². The van der Waals surface area contributed by atoms with E-state index in [-0.39, 0.29) is 18.4 Å². The number of halogens is 1. The van der Waals surface area contributed by atoms with E-state index in [0.717, 1.165) is 11.1 Å². The number of nitrogens with zero attached hydrogens (tertiary/aromatic N) is 2. The summed E-state index contributed by atoms with van der Waals surface area (Å²) >= 11 is 7.27. The van der Waals surface area contributed by atoms with Crippen LogP contribution in [0, 0.1) is 0 Å². The molecule has 0 fully saturated rings. The minimum atomic E-state index is -0.288. The highest BCUT2D eigenvalue weighted by Gasteiger charge is 2.26. The number of amides is 2. The first-order chi connectivity index (χ1) is 14.1. The molecule has 0 saturated heterocycles. The number of nitrogens with one attached hydrogen (secondary N) is 1. The molecule has 0 aliphatic carbocycles. The van der Waals surface area contributed by atoms with Crippen LogP contribution >= 0.6 is 22.9 Å². The van der Waals surface area contributed by atoms with Crippen LogP contribution in [0.15, 0.2) is 54.0 Å². The minimum absolute atomic E-state index is 0.0427. The summed E-state index contributed by atoms with van der Waals surface area (Å²) in [5, 5.41) is 5.66. The summed E-state index contributed by atoms with van der Waals surface area (Å²) < 4.78 is 5.71. The molecule has 0 saturated carbocycles. The van der Waals surface area contributed by atoms with Crippen molar-refractivity contribution < 1.29 is 14.3 Å². The van der Waals surface area contributed by atoms with Gasteiger partial charge in [0.2, 0.25) is 0 Å². The molecule has 2 heterocycles. The summed E-state index contributed by atoms with van der Waals surface area (Å²) in [6.45, 7) is 0.968. The van der Waals surface area contributed by atoms with Crippen molar-refractivity contribution in [2.75, 3.05) is 18.5 Å². The second kappa shape index (κ2) is 8.63. The van der Waals surface area contributed by atoms with Gasteiger partial charge in [-0.3, -0.25) is 14.9 Å². The second-order valence-corrected chi connectivity index (χ2v) is 7.89. The molecule has 0 radical (unpaired) electrons. The third-order valence-corrected chi connectivity index (χ3v) is 5.55. The van der Waals surface area contributed by atoms with Crippen molar-refractivity contribution in [1.82, 2.24) is 9.88 Å². The molecule has 1 aliphatic rings. The maximum atomic E-state index is 12.9. The van der Waals surface area contributed by atoms with E-state index < -0.39 is 0 Å². The van der Waals surface area contributed by atoms with Crippen LogP contribution in [0.1, 0.15) is 21.5 Å². The van der Waals surface area contributed by atoms with Gasteiger partial charge in [-0.15, -0.1) is 11.3 Å². The van der Waals surface area contributed by atoms with Gasteiger partial charge in [0.25, 0.3) is 11.8 Å². The van der Waals surface area contributed by atoms with Crippen LogP contribution in [-0.4, -0.2) is 34.8 Å². The van der Waals surface area contributed by atoms with Gasteiger partial charge in [-0.1, -0.05) is 29.8 Å². The SMILES string of the molecule is O=C(COc1cccc2c1CCN(Cc1ccc(Cl)cc1)C2=O)Nc1nccs1. The topological polar surface area (TPSA) is 71.5 Å². The first-order valence-electron chi connectivity index (χ1n) is 9.08. The number of hydrogen-bond acceptors (Lipinski definition) is 5. The Morgan fingerprint density at radius 1 is 1.24 bits per heavy atom. The van der Waals surface area contributed by atoms with Crippen molar-refractivity contribution in [2.24, 2.45) is 0 Å². The number of rotatable bonds is 6. The van der Waals surface area contributed by atoms with Gasteiger partial charge < -0.3 is 9.64 Å². The van der Waals surface area contributed by atoms with Crippen molar-refractivity contribution in [3.8, 4) is 5.75 Å². The largest absolute Gasteiger partial charge is 0.483 e. The van der Waals surface area contributed by atoms with E-state index in [1.54, 1.807) is 29.8 Å². The van der Waals surface area contributed by atoms with Gasteiger partial charge in [-0.05, 0) is 36.2 Å². The lowest BCUT2D eigenvalue weighted by Crippen LogP contribution is -2.37. The van der Waals surface area contributed by atoms with Crippen LogP contribution in [0.3, 0.4) is 0 Å². The molecule has 2 amide bonds. The quantitative estimate of drug-likeness (QED) is 0.645. The lowest BCUT2D eigenvalue weighted by atomic mass is 9.97. The van der Waals surface area contributed by atoms with Crippen LogP contribution in [-0.2, 0) is 17.8 Å². The lowest BCUT2D eigenvalue weighted by Gasteiger charge is -2.29. The van der Waals surface area contributed by atoms with Gasteiger partial charge >= 0.3 is 0 Å². The Morgan fingerprint density at radius 2 is 2.07 bits per heavy atom. The highest BCUT2D eigenvalue weighted by molar-refractivity contribution is 7.13. The fourth-order valence-corrected chi connectivity index (χ4v) is 3.89. The number of carbonyl (C=O) groups excluding carboxylic acids is 2. The summed E-state index contributed by atoms with van der Waals surface area (Å²) in [5.41, 5.74) is 2.48. The first kappa shape index (κ1) is 19.4. The monoisotopic (exact) mass is 427 g/mol. The van der Waals surface area contributed by atoms with Crippen LogP contribution in [0.2, 0.25) is 5.02 Å². The number of anilines is 1. The Hall–Kier alpha value is -2.90. The van der Waals surface area contributed by atoms with Crippen molar-refractivity contribution in [1.29, 1.82) is 0 Å². The highest BCUT2D eigenvalue weighted by Crippen LogP contribution is 2.29. The zero-order valence-corrected chi connectivity index (χ0v) is 17.0. The van der Waals surface area contributed by atoms with Gasteiger partial charge in [0.1, 0.15) is 5.75 Å². The summed E-state index contributed by atoms with van der Waals surface area (Å²) in [6.07, 6.45) is 2.29. The number of ether oxygens (including phenoxy) is 1. The fourth-order valence-electron chi connectivity index (χ4n) is 3.22. The summed E-state index contributed by atoms with van der Waals surface area (Å²) in [4.78, 5) is 30.8. The van der Waals surface area contributed by atoms with Gasteiger partial charge in [-0.25, -0.2) is 4.98 Å². The standard InChI is InChI=1S/C21H18ClN3O3S/c22-15-6-4-14(5-7-15)12-25-10-8-16-17(20(25)27)2-1-3-18(16)28-13-19(26)24-21-23-9-11-29-21/h1-7,9,11H,8,10,12-13H2,(H,23,24,26). The van der Waals surface area contributed by atoms with Crippen molar-refractivity contribution >= 4 is 39.9 Å². The maximum Gasteiger partial charge on any atom is 0.264 e. The van der Waals surface area contributed by atoms with E-state index in [9.17, 15) is 9.59 Å². The Balaban J connectivity index is 1.43. The molecule has 4 rings (SSSR count). The summed E-state index contributed by atoms with van der Waals surface area (Å²) in [6, 6.07) is 12.9. The summed E-state index contributed by atoms with van der Waals surface area (Å²) in [5.74, 6) is 0.235. The Morgan fingerprint density at radius 3 is 2.83 bits per heavy atom. The van der Waals surface area contributed by atoms with Crippen LogP contribution in [0.5, 0.6) is 5.75 Å². The summed E-state index contributed by atoms with van der Waals surface area (Å²) in [7, 11) is 0. The van der Waals surface area contributed by atoms with Crippen molar-refractivity contribution in [2.45, 2.75) is 13.0 Å². The molecule has 1 aliphatic heterocycles. The molecule has 6 nitrogen and oxygen atoms in total. The zero-order chi connectivity index (χ0) is 20.2. The van der Waals surface area contributed by atoms with Gasteiger partial charge in [-0.2, -0.15) is 0 Å². The van der Waals surface area contributed by atoms with Crippen molar-refractivity contribution in [3.63, 3.8) is 0 Å². The minimum Gasteiger partial charge on any atom is -0.483 e. The second-order valence-electron chi connectivity index (χ2n) is 6.56. The van der Waals surface area contributed by atoms with Gasteiger partial charge in [0.05, 0.1) is 0 Å². The molecule has 148 valence electrons. The van der Waals surface area contributed by atoms with Crippen molar-refractivity contribution in [3.05, 3.63) is 75.8 Å². The fraction of sp³-hybridized carbons (Fsp3) is 0.190. The molecule has 29 heavy (non-hydrogen) atoms. The highest BCUT2D eigenvalue weighted by atomic mass is 35.5. The van der Waals surface area contributed by atoms with Gasteiger partial charge in [0.15, 0.2) is 11.7 Å². The Bertz CT molecular complexity index is 1020. The third kappa shape index (κ3) is 4.58. The molecule has 8 heteroatoms. The molecule has 0 spiro atoms. The molecule has 0 bridgehead atoms. The number of thiazole rings is 1. The molecule has 0 atom stereocenters. The number of fused-ring (bicyclic) bond motifs is 1. The normalized spacial score (nSPS) is 13.1. The average Bonchev–Trinajstić information content (AvgIpc) is 3.23. The smallest absolute Gasteiger partial charge is 0.264 e. The molecule has 1 aromatic heterocycles. The third-order valence-electron chi connectivity index (χ3n) is 4.61. The van der Waals surface area contributed by atoms with Gasteiger partial charge in [0, 0.05) is 40.8 Å². The predicted octanol–water partition coefficient (Wildman–Crippen LogP) is 4.01. The molecule has 2 aromatic carbocycles. The zero-order valence-electron chi connectivity index (χ0n) is 15.4. The van der Waals surface area contributed by atoms with E-state index in [1.165, 1.54) is 11.3 Å². The number of aromatic nitrogens is 1. The van der Waals surface area contributed by atoms with E-state index in [4.69, 9.17) is 16.3 Å². The average molecular weight is 428 g/mol. The Labute approximate surface area is 177 Å². The van der Waals surface area contributed by atoms with Crippen LogP contribution in [0.25, 0.3) is 0 Å². The number of carbonyl (C=O) groups is 2. The molecular formula is C21H18ClN3O3S. The number of benzene rings is 2. The van der Waals surface area contributed by atoms with E-state index >= 15 is 0 Å². The first-order valence-corrected chi connectivity index (χ1v) is 10.3. The maximum absolute atomic E-state index is 12.9. The number of hydrogen-bond donors (Lipinski definition) is 1. The lowest BCUT2D eigenvalue weighted by molar-refractivity contribution is -0.118. The molecule has 0 unspecified atom stereocenters. The Kier molecular flexibility index (Phi) is 5.78. The molecular weight excluding hydrogens is 410 g/mol. The van der Waals surface area contributed by atoms with E-state index in [1.807, 2.05) is 29.2 Å². The van der Waals surface area contributed by atoms with Crippen LogP contribution in [0.4, 0.5) is 5.13 Å².